The molecule has 0 saturated carbocycles. The van der Waals surface area contributed by atoms with Crippen LogP contribution in [0.25, 0.3) is 0 Å². The van der Waals surface area contributed by atoms with Crippen molar-refractivity contribution in [1.82, 2.24) is 0 Å². The summed E-state index contributed by atoms with van der Waals surface area (Å²) in [6.45, 7) is 3.70. The third-order valence-electron chi connectivity index (χ3n) is 1.04. The quantitative estimate of drug-likeness (QED) is 0.465. The van der Waals surface area contributed by atoms with Gasteiger partial charge in [0.25, 0.3) is 0 Å². The average molecular weight is 122 g/mol. The van der Waals surface area contributed by atoms with Crippen LogP contribution < -0.4 is 0 Å². The summed E-state index contributed by atoms with van der Waals surface area (Å²) < 4.78 is 0. The van der Waals surface area contributed by atoms with Crippen LogP contribution in [0.2, 0.25) is 0 Å². The van der Waals surface area contributed by atoms with E-state index in [-0.39, 0.29) is 0 Å². The van der Waals surface area contributed by atoms with Gasteiger partial charge in [-0.05, 0) is 24.3 Å². The Balaban J connectivity index is 3.06. The van der Waals surface area contributed by atoms with Crippen molar-refractivity contribution in [3.8, 4) is 0 Å². The van der Waals surface area contributed by atoms with Crippen LogP contribution in [0.4, 0.5) is 0 Å². The van der Waals surface area contributed by atoms with Crippen molar-refractivity contribution in [2.24, 2.45) is 20.6 Å². The zero-order valence-electron chi connectivity index (χ0n) is 5.29. The van der Waals surface area contributed by atoms with E-state index in [4.69, 9.17) is 0 Å². The Hall–Kier alpha value is -1.28. The molecule has 0 saturated heterocycles. The van der Waals surface area contributed by atoms with E-state index >= 15 is 0 Å². The maximum Gasteiger partial charge on any atom is 0.0740 e. The first-order valence-corrected chi connectivity index (χ1v) is 2.55. The topological polar surface area (TPSA) is 49.4 Å². The molecular formula is C5H6N4. The van der Waals surface area contributed by atoms with E-state index in [9.17, 15) is 0 Å². The maximum absolute atomic E-state index is 3.69. The molecule has 0 N–H and O–H groups in total. The molecule has 0 amide bonds. The summed E-state index contributed by atoms with van der Waals surface area (Å²) in [7, 11) is 0. The highest BCUT2D eigenvalue weighted by atomic mass is 15.5. The van der Waals surface area contributed by atoms with Crippen LogP contribution in [0.5, 0.6) is 0 Å². The third-order valence-corrected chi connectivity index (χ3v) is 1.04. The van der Waals surface area contributed by atoms with Crippen LogP contribution in [-0.2, 0) is 0 Å². The van der Waals surface area contributed by atoms with Crippen molar-refractivity contribution in [2.45, 2.75) is 13.8 Å². The first-order chi connectivity index (χ1) is 4.30. The van der Waals surface area contributed by atoms with Crippen LogP contribution in [0.3, 0.4) is 0 Å². The highest BCUT2D eigenvalue weighted by molar-refractivity contribution is 6.04. The van der Waals surface area contributed by atoms with Crippen LogP contribution in [0.15, 0.2) is 26.2 Å². The van der Waals surface area contributed by atoms with Gasteiger partial charge in [0.2, 0.25) is 0 Å². The van der Waals surface area contributed by atoms with Gasteiger partial charge in [-0.2, -0.15) is 0 Å². The fourth-order valence-corrected chi connectivity index (χ4v) is 0.360. The predicted octanol–water partition coefficient (Wildman–Crippen LogP) is 1.36. The molecule has 9 heavy (non-hydrogen) atoms. The molecule has 0 fully saturated rings. The minimum atomic E-state index is 0.806. The number of allylic oxidation sites excluding steroid dienone is 1. The number of hydrogen-bond donors (Lipinski definition) is 0. The molecule has 0 aliphatic carbocycles. The van der Waals surface area contributed by atoms with Crippen LogP contribution >= 0.6 is 0 Å². The monoisotopic (exact) mass is 122 g/mol. The minimum absolute atomic E-state index is 0.806. The van der Waals surface area contributed by atoms with E-state index in [1.807, 2.05) is 13.8 Å². The van der Waals surface area contributed by atoms with E-state index in [0.29, 0.717) is 0 Å². The molecule has 46 valence electrons. The van der Waals surface area contributed by atoms with Crippen LogP contribution in [0, 0.1) is 0 Å². The summed E-state index contributed by atoms with van der Waals surface area (Å²) in [6.07, 6.45) is 0. The van der Waals surface area contributed by atoms with Crippen LogP contribution in [0.1, 0.15) is 13.8 Å². The van der Waals surface area contributed by atoms with Crippen molar-refractivity contribution in [3.63, 3.8) is 0 Å². The Morgan fingerprint density at radius 2 is 2.00 bits per heavy atom. The molecule has 1 aliphatic heterocycles. The smallest absolute Gasteiger partial charge is 0.0740 e. The molecule has 0 radical (unpaired) electrons. The lowest BCUT2D eigenvalue weighted by molar-refractivity contribution is 0.966. The van der Waals surface area contributed by atoms with Crippen molar-refractivity contribution >= 4 is 11.6 Å². The molecule has 0 bridgehead atoms. The van der Waals surface area contributed by atoms with Crippen molar-refractivity contribution < 1.29 is 0 Å². The van der Waals surface area contributed by atoms with E-state index in [2.05, 4.69) is 26.5 Å². The Morgan fingerprint density at radius 1 is 1.22 bits per heavy atom. The fraction of sp³-hybridized carbons (Fsp3) is 0.400. The van der Waals surface area contributed by atoms with Gasteiger partial charge in [-0.25, -0.2) is 0 Å². The highest BCUT2D eigenvalue weighted by Crippen LogP contribution is 1.95. The summed E-state index contributed by atoms with van der Waals surface area (Å²) in [6, 6.07) is 0. The predicted molar refractivity (Wildman–Crippen MR) is 34.6 cm³/mol. The molecule has 0 spiro atoms. The second kappa shape index (κ2) is 2.33. The largest absolute Gasteiger partial charge is 0.133 e. The molecule has 4 nitrogen and oxygen atoms in total. The average Bonchev–Trinajstić information content (AvgIpc) is 1.99. The summed E-state index contributed by atoms with van der Waals surface area (Å²) in [5.74, 6) is 2.64. The fourth-order valence-electron chi connectivity index (χ4n) is 0.360. The SMILES string of the molecule is CC1=C=NN=NN=C1C. The van der Waals surface area contributed by atoms with E-state index < -0.39 is 0 Å². The number of hydrogen-bond acceptors (Lipinski definition) is 4. The lowest BCUT2D eigenvalue weighted by Crippen LogP contribution is -1.90. The van der Waals surface area contributed by atoms with Gasteiger partial charge in [0.1, 0.15) is 0 Å². The zero-order chi connectivity index (χ0) is 6.69. The summed E-state index contributed by atoms with van der Waals surface area (Å²) >= 11 is 0. The minimum Gasteiger partial charge on any atom is -0.133 e. The molecule has 1 aliphatic rings. The molecule has 0 aromatic heterocycles. The standard InChI is InChI=1S/C5H6N4/c1-4-3-6-8-9-7-5(4)2/h1-2H3. The number of rotatable bonds is 0. The van der Waals surface area contributed by atoms with Gasteiger partial charge in [-0.15, -0.1) is 5.10 Å². The zero-order valence-corrected chi connectivity index (χ0v) is 5.29. The van der Waals surface area contributed by atoms with Gasteiger partial charge in [-0.3, -0.25) is 0 Å². The maximum atomic E-state index is 3.69. The van der Waals surface area contributed by atoms with Gasteiger partial charge in [0.15, 0.2) is 0 Å². The molecule has 1 rings (SSSR count). The molecule has 0 atom stereocenters. The third kappa shape index (κ3) is 1.30. The highest BCUT2D eigenvalue weighted by Gasteiger charge is 1.93. The second-order valence-electron chi connectivity index (χ2n) is 1.70. The van der Waals surface area contributed by atoms with Gasteiger partial charge in [-0.1, -0.05) is 5.10 Å². The van der Waals surface area contributed by atoms with Crippen molar-refractivity contribution in [2.75, 3.05) is 0 Å². The van der Waals surface area contributed by atoms with Gasteiger partial charge >= 0.3 is 0 Å². The van der Waals surface area contributed by atoms with Crippen molar-refractivity contribution in [1.29, 1.82) is 0 Å². The molecule has 0 aromatic rings. The Bertz CT molecular complexity index is 229. The molecule has 0 unspecified atom stereocenters. The second-order valence-corrected chi connectivity index (χ2v) is 1.70. The first kappa shape index (κ1) is 5.85. The molecule has 0 aromatic carbocycles. The Morgan fingerprint density at radius 3 is 2.78 bits per heavy atom. The molecule has 4 heteroatoms. The van der Waals surface area contributed by atoms with E-state index in [1.54, 1.807) is 0 Å². The van der Waals surface area contributed by atoms with Crippen molar-refractivity contribution in [3.05, 3.63) is 5.57 Å². The first-order valence-electron chi connectivity index (χ1n) is 2.55. The van der Waals surface area contributed by atoms with Crippen LogP contribution in [-0.4, -0.2) is 11.6 Å². The summed E-state index contributed by atoms with van der Waals surface area (Å²) in [4.78, 5) is 0. The molecule has 1 heterocycles. The van der Waals surface area contributed by atoms with Gasteiger partial charge in [0.05, 0.1) is 5.71 Å². The number of nitrogens with zero attached hydrogens (tertiary/aromatic N) is 4. The molecular weight excluding hydrogens is 116 g/mol. The van der Waals surface area contributed by atoms with E-state index in [0.717, 1.165) is 11.3 Å². The Kier molecular flexibility index (Phi) is 1.51. The summed E-state index contributed by atoms with van der Waals surface area (Å²) in [5.41, 5.74) is 1.68. The van der Waals surface area contributed by atoms with E-state index in [1.165, 1.54) is 0 Å². The lowest BCUT2D eigenvalue weighted by Gasteiger charge is -1.86. The van der Waals surface area contributed by atoms with Gasteiger partial charge in [0, 0.05) is 11.4 Å². The normalized spacial score (nSPS) is 16.7. The van der Waals surface area contributed by atoms with Gasteiger partial charge < -0.3 is 0 Å². The Labute approximate surface area is 52.7 Å². The lowest BCUT2D eigenvalue weighted by atomic mass is 10.2. The summed E-state index contributed by atoms with van der Waals surface area (Å²) in [5, 5.41) is 13.8.